The zero-order valence-corrected chi connectivity index (χ0v) is 10.1. The Morgan fingerprint density at radius 3 is 2.74 bits per heavy atom. The molecule has 1 heterocycles. The van der Waals surface area contributed by atoms with Crippen LogP contribution in [0.1, 0.15) is 15.9 Å². The van der Waals surface area contributed by atoms with E-state index >= 15 is 0 Å². The second kappa shape index (κ2) is 5.95. The van der Waals surface area contributed by atoms with Crippen LogP contribution in [0.3, 0.4) is 0 Å². The number of carbonyl (C=O) groups is 1. The lowest BCUT2D eigenvalue weighted by Crippen LogP contribution is -2.11. The van der Waals surface area contributed by atoms with Crippen molar-refractivity contribution in [1.82, 2.24) is 4.98 Å². The average Bonchev–Trinajstić information content (AvgIpc) is 2.41. The number of nitrogens with one attached hydrogen (secondary N) is 1. The average molecular weight is 260 g/mol. The van der Waals surface area contributed by atoms with Crippen LogP contribution in [0.15, 0.2) is 42.6 Å². The highest BCUT2D eigenvalue weighted by Crippen LogP contribution is 2.13. The molecule has 1 aromatic carbocycles. The summed E-state index contributed by atoms with van der Waals surface area (Å²) in [5.41, 5.74) is 0.974. The third-order valence-electron chi connectivity index (χ3n) is 2.63. The summed E-state index contributed by atoms with van der Waals surface area (Å²) < 4.78 is 12.9. The fourth-order valence-electron chi connectivity index (χ4n) is 1.71. The minimum atomic E-state index is -1.20. The fraction of sp³-hybridized carbons (Fsp3) is 0.143. The van der Waals surface area contributed by atoms with Crippen molar-refractivity contribution in [3.63, 3.8) is 0 Å². The molecule has 0 bridgehead atoms. The number of anilines is 1. The lowest BCUT2D eigenvalue weighted by Gasteiger charge is -2.08. The third kappa shape index (κ3) is 3.51. The van der Waals surface area contributed by atoms with Crippen LogP contribution in [0.4, 0.5) is 10.2 Å². The standard InChI is InChI=1S/C14H13FN2O2/c15-11-8-12(14(18)19)13(17-9-11)16-7-6-10-4-2-1-3-5-10/h1-5,8-9H,6-7H2,(H,16,17)(H,18,19). The minimum absolute atomic E-state index is 0.159. The Labute approximate surface area is 109 Å². The Hall–Kier alpha value is -2.43. The maximum atomic E-state index is 12.9. The van der Waals surface area contributed by atoms with Crippen molar-refractivity contribution in [2.75, 3.05) is 11.9 Å². The van der Waals surface area contributed by atoms with Gasteiger partial charge in [0.15, 0.2) is 0 Å². The van der Waals surface area contributed by atoms with Crippen LogP contribution in [0.25, 0.3) is 0 Å². The number of aromatic carboxylic acids is 1. The molecule has 0 radical (unpaired) electrons. The highest BCUT2D eigenvalue weighted by Gasteiger charge is 2.12. The molecular formula is C14H13FN2O2. The SMILES string of the molecule is O=C(O)c1cc(F)cnc1NCCc1ccccc1. The van der Waals surface area contributed by atoms with E-state index in [-0.39, 0.29) is 11.4 Å². The molecule has 2 N–H and O–H groups in total. The number of rotatable bonds is 5. The van der Waals surface area contributed by atoms with Crippen molar-refractivity contribution in [2.24, 2.45) is 0 Å². The quantitative estimate of drug-likeness (QED) is 0.867. The molecule has 0 aliphatic heterocycles. The summed E-state index contributed by atoms with van der Waals surface area (Å²) in [5.74, 6) is -1.68. The number of hydrogen-bond acceptors (Lipinski definition) is 3. The van der Waals surface area contributed by atoms with Crippen molar-refractivity contribution in [1.29, 1.82) is 0 Å². The predicted octanol–water partition coefficient (Wildman–Crippen LogP) is 2.57. The van der Waals surface area contributed by atoms with E-state index in [9.17, 15) is 9.18 Å². The smallest absolute Gasteiger partial charge is 0.339 e. The maximum absolute atomic E-state index is 12.9. The second-order valence-electron chi connectivity index (χ2n) is 4.02. The Balaban J connectivity index is 2.02. The lowest BCUT2D eigenvalue weighted by atomic mass is 10.1. The molecule has 0 spiro atoms. The Bertz CT molecular complexity index is 573. The molecule has 0 aliphatic carbocycles. The summed E-state index contributed by atoms with van der Waals surface area (Å²) in [6, 6.07) is 10.7. The van der Waals surface area contributed by atoms with Crippen molar-refractivity contribution in [3.8, 4) is 0 Å². The first-order valence-corrected chi connectivity index (χ1v) is 5.83. The van der Waals surface area contributed by atoms with Crippen LogP contribution >= 0.6 is 0 Å². The molecule has 0 amide bonds. The van der Waals surface area contributed by atoms with Gasteiger partial charge in [0.1, 0.15) is 17.2 Å². The summed E-state index contributed by atoms with van der Waals surface area (Å²) in [5, 5.41) is 11.9. The molecule has 2 aromatic rings. The van der Waals surface area contributed by atoms with Gasteiger partial charge in [0.05, 0.1) is 6.20 Å². The zero-order valence-electron chi connectivity index (χ0n) is 10.1. The number of carboxylic acid groups (broad SMARTS) is 1. The topological polar surface area (TPSA) is 62.2 Å². The first kappa shape index (κ1) is 13.0. The highest BCUT2D eigenvalue weighted by molar-refractivity contribution is 5.93. The zero-order chi connectivity index (χ0) is 13.7. The van der Waals surface area contributed by atoms with Gasteiger partial charge >= 0.3 is 5.97 Å². The summed E-state index contributed by atoms with van der Waals surface area (Å²) in [6.45, 7) is 0.531. The third-order valence-corrected chi connectivity index (χ3v) is 2.63. The van der Waals surface area contributed by atoms with Crippen LogP contribution in [-0.4, -0.2) is 22.6 Å². The molecule has 0 saturated heterocycles. The van der Waals surface area contributed by atoms with Gasteiger partial charge in [-0.3, -0.25) is 0 Å². The van der Waals surface area contributed by atoms with Gasteiger partial charge in [-0.25, -0.2) is 14.2 Å². The molecule has 0 atom stereocenters. The van der Waals surface area contributed by atoms with Gasteiger partial charge in [0.2, 0.25) is 0 Å². The van der Waals surface area contributed by atoms with E-state index in [0.29, 0.717) is 6.54 Å². The van der Waals surface area contributed by atoms with E-state index in [0.717, 1.165) is 24.2 Å². The van der Waals surface area contributed by atoms with Crippen LogP contribution in [0.5, 0.6) is 0 Å². The number of benzene rings is 1. The lowest BCUT2D eigenvalue weighted by molar-refractivity contribution is 0.0697. The molecule has 0 aliphatic rings. The molecule has 4 nitrogen and oxygen atoms in total. The minimum Gasteiger partial charge on any atom is -0.478 e. The van der Waals surface area contributed by atoms with E-state index in [1.807, 2.05) is 30.3 Å². The number of pyridine rings is 1. The molecule has 2 rings (SSSR count). The number of nitrogens with zero attached hydrogens (tertiary/aromatic N) is 1. The maximum Gasteiger partial charge on any atom is 0.339 e. The van der Waals surface area contributed by atoms with Crippen molar-refractivity contribution >= 4 is 11.8 Å². The van der Waals surface area contributed by atoms with Gasteiger partial charge in [0, 0.05) is 6.54 Å². The van der Waals surface area contributed by atoms with Gasteiger partial charge in [-0.15, -0.1) is 0 Å². The Morgan fingerprint density at radius 2 is 2.05 bits per heavy atom. The van der Waals surface area contributed by atoms with Crippen LogP contribution in [-0.2, 0) is 6.42 Å². The van der Waals surface area contributed by atoms with E-state index < -0.39 is 11.8 Å². The monoisotopic (exact) mass is 260 g/mol. The van der Waals surface area contributed by atoms with E-state index in [1.54, 1.807) is 0 Å². The number of hydrogen-bond donors (Lipinski definition) is 2. The van der Waals surface area contributed by atoms with Gasteiger partial charge in [-0.1, -0.05) is 30.3 Å². The normalized spacial score (nSPS) is 10.2. The number of aromatic nitrogens is 1. The first-order chi connectivity index (χ1) is 9.16. The fourth-order valence-corrected chi connectivity index (χ4v) is 1.71. The molecule has 1 aromatic heterocycles. The largest absolute Gasteiger partial charge is 0.478 e. The van der Waals surface area contributed by atoms with E-state index in [1.165, 1.54) is 0 Å². The summed E-state index contributed by atoms with van der Waals surface area (Å²) in [7, 11) is 0. The Kier molecular flexibility index (Phi) is 4.07. The van der Waals surface area contributed by atoms with Crippen molar-refractivity contribution in [3.05, 3.63) is 59.5 Å². The molecule has 19 heavy (non-hydrogen) atoms. The van der Waals surface area contributed by atoms with Gasteiger partial charge in [-0.05, 0) is 18.1 Å². The molecule has 0 unspecified atom stereocenters. The first-order valence-electron chi connectivity index (χ1n) is 5.83. The van der Waals surface area contributed by atoms with E-state index in [4.69, 9.17) is 5.11 Å². The molecule has 0 saturated carbocycles. The summed E-state index contributed by atoms with van der Waals surface area (Å²) >= 11 is 0. The van der Waals surface area contributed by atoms with Crippen LogP contribution < -0.4 is 5.32 Å². The van der Waals surface area contributed by atoms with Crippen molar-refractivity contribution < 1.29 is 14.3 Å². The van der Waals surface area contributed by atoms with Crippen LogP contribution in [0.2, 0.25) is 0 Å². The Morgan fingerprint density at radius 1 is 1.32 bits per heavy atom. The molecule has 5 heteroatoms. The molecule has 0 fully saturated rings. The van der Waals surface area contributed by atoms with Crippen LogP contribution in [0, 0.1) is 5.82 Å². The predicted molar refractivity (Wildman–Crippen MR) is 69.8 cm³/mol. The molecular weight excluding hydrogens is 247 g/mol. The number of carboxylic acids is 1. The van der Waals surface area contributed by atoms with E-state index in [2.05, 4.69) is 10.3 Å². The van der Waals surface area contributed by atoms with Gasteiger partial charge in [0.25, 0.3) is 0 Å². The molecule has 98 valence electrons. The summed E-state index contributed by atoms with van der Waals surface area (Å²) in [6.07, 6.45) is 1.73. The second-order valence-corrected chi connectivity index (χ2v) is 4.02. The van der Waals surface area contributed by atoms with Gasteiger partial charge < -0.3 is 10.4 Å². The highest BCUT2D eigenvalue weighted by atomic mass is 19.1. The number of halogens is 1. The van der Waals surface area contributed by atoms with Gasteiger partial charge in [-0.2, -0.15) is 0 Å². The summed E-state index contributed by atoms with van der Waals surface area (Å²) in [4.78, 5) is 14.7. The van der Waals surface area contributed by atoms with Crippen molar-refractivity contribution in [2.45, 2.75) is 6.42 Å².